The Labute approximate surface area is 166 Å². The minimum atomic E-state index is -3.82. The molecule has 2 atom stereocenters. The van der Waals surface area contributed by atoms with Gasteiger partial charge >= 0.3 is 0 Å². The van der Waals surface area contributed by atoms with Gasteiger partial charge in [-0.3, -0.25) is 4.90 Å². The number of sulfonamides is 1. The van der Waals surface area contributed by atoms with Gasteiger partial charge < -0.3 is 14.2 Å². The standard InChI is InChI=1S/C20H26N2O5S/c1-3-26-17-6-4-5-7-18(17)27-11-10-22-14-16(22)12-15-8-9-19(25-2)20(13-15)28(21,23)24/h4-9,13,16H,3,10-12,14H2,1-2H3,(H2,21,23,24). The number of nitrogens with two attached hydrogens (primary N) is 1. The van der Waals surface area contributed by atoms with Gasteiger partial charge in [0.05, 0.1) is 13.7 Å². The summed E-state index contributed by atoms with van der Waals surface area (Å²) in [6.07, 6.45) is 0.752. The lowest BCUT2D eigenvalue weighted by atomic mass is 10.1. The number of benzene rings is 2. The summed E-state index contributed by atoms with van der Waals surface area (Å²) < 4.78 is 40.0. The number of rotatable bonds is 10. The van der Waals surface area contributed by atoms with Crippen LogP contribution >= 0.6 is 0 Å². The largest absolute Gasteiger partial charge is 0.495 e. The van der Waals surface area contributed by atoms with E-state index in [9.17, 15) is 8.42 Å². The fraction of sp³-hybridized carbons (Fsp3) is 0.400. The highest BCUT2D eigenvalue weighted by Gasteiger charge is 2.33. The summed E-state index contributed by atoms with van der Waals surface area (Å²) >= 11 is 0. The molecule has 0 saturated carbocycles. The fourth-order valence-electron chi connectivity index (χ4n) is 3.15. The lowest BCUT2D eigenvalue weighted by Crippen LogP contribution is -2.15. The maximum absolute atomic E-state index is 11.7. The van der Waals surface area contributed by atoms with Crippen molar-refractivity contribution in [1.29, 1.82) is 0 Å². The number of primary sulfonamides is 1. The Balaban J connectivity index is 1.52. The Morgan fingerprint density at radius 1 is 1.11 bits per heavy atom. The molecule has 3 rings (SSSR count). The molecule has 0 bridgehead atoms. The third kappa shape index (κ3) is 5.15. The van der Waals surface area contributed by atoms with Crippen LogP contribution in [0.4, 0.5) is 0 Å². The van der Waals surface area contributed by atoms with Crippen LogP contribution in [-0.2, 0) is 16.4 Å². The molecule has 1 heterocycles. The fourth-order valence-corrected chi connectivity index (χ4v) is 3.90. The molecule has 0 aliphatic carbocycles. The molecule has 1 fully saturated rings. The van der Waals surface area contributed by atoms with Crippen molar-refractivity contribution in [1.82, 2.24) is 4.90 Å². The van der Waals surface area contributed by atoms with Crippen LogP contribution in [0, 0.1) is 0 Å². The Morgan fingerprint density at radius 2 is 1.82 bits per heavy atom. The smallest absolute Gasteiger partial charge is 0.241 e. The Morgan fingerprint density at radius 3 is 2.46 bits per heavy atom. The van der Waals surface area contributed by atoms with E-state index in [4.69, 9.17) is 19.3 Å². The van der Waals surface area contributed by atoms with E-state index in [2.05, 4.69) is 4.90 Å². The number of para-hydroxylation sites is 2. The zero-order valence-corrected chi connectivity index (χ0v) is 16.9. The van der Waals surface area contributed by atoms with Crippen molar-refractivity contribution in [2.75, 3.05) is 33.4 Å². The first-order valence-electron chi connectivity index (χ1n) is 9.20. The van der Waals surface area contributed by atoms with Gasteiger partial charge in [0, 0.05) is 19.1 Å². The van der Waals surface area contributed by atoms with Gasteiger partial charge in [-0.2, -0.15) is 0 Å². The highest BCUT2D eigenvalue weighted by atomic mass is 32.2. The molecule has 7 nitrogen and oxygen atoms in total. The van der Waals surface area contributed by atoms with Gasteiger partial charge in [0.2, 0.25) is 10.0 Å². The second-order valence-electron chi connectivity index (χ2n) is 6.61. The number of methoxy groups -OCH3 is 1. The van der Waals surface area contributed by atoms with E-state index in [1.165, 1.54) is 7.11 Å². The Kier molecular flexibility index (Phi) is 6.43. The lowest BCUT2D eigenvalue weighted by molar-refractivity contribution is 0.260. The summed E-state index contributed by atoms with van der Waals surface area (Å²) in [6.45, 7) is 4.84. The van der Waals surface area contributed by atoms with Crippen LogP contribution in [-0.4, -0.2) is 52.8 Å². The highest BCUT2D eigenvalue weighted by molar-refractivity contribution is 7.89. The van der Waals surface area contributed by atoms with Crippen LogP contribution in [0.5, 0.6) is 17.2 Å². The van der Waals surface area contributed by atoms with Crippen LogP contribution in [0.3, 0.4) is 0 Å². The molecule has 0 aromatic heterocycles. The minimum Gasteiger partial charge on any atom is -0.495 e. The number of hydrogen-bond donors (Lipinski definition) is 1. The predicted molar refractivity (Wildman–Crippen MR) is 107 cm³/mol. The zero-order valence-electron chi connectivity index (χ0n) is 16.1. The van der Waals surface area contributed by atoms with Gasteiger partial charge in [-0.15, -0.1) is 0 Å². The van der Waals surface area contributed by atoms with Crippen LogP contribution in [0.2, 0.25) is 0 Å². The topological polar surface area (TPSA) is 90.9 Å². The average Bonchev–Trinajstić information content (AvgIpc) is 3.40. The van der Waals surface area contributed by atoms with E-state index in [0.717, 1.165) is 36.6 Å². The predicted octanol–water partition coefficient (Wildman–Crippen LogP) is 2.05. The molecule has 2 aromatic rings. The maximum atomic E-state index is 11.7. The Hall–Kier alpha value is -2.29. The van der Waals surface area contributed by atoms with E-state index >= 15 is 0 Å². The molecule has 28 heavy (non-hydrogen) atoms. The lowest BCUT2D eigenvalue weighted by Gasteiger charge is -2.12. The third-order valence-electron chi connectivity index (χ3n) is 4.62. The monoisotopic (exact) mass is 406 g/mol. The van der Waals surface area contributed by atoms with Gasteiger partial charge in [0.25, 0.3) is 0 Å². The minimum absolute atomic E-state index is 0.0237. The van der Waals surface area contributed by atoms with E-state index in [1.54, 1.807) is 12.1 Å². The van der Waals surface area contributed by atoms with Crippen LogP contribution < -0.4 is 19.3 Å². The van der Waals surface area contributed by atoms with Crippen LogP contribution in [0.15, 0.2) is 47.4 Å². The summed E-state index contributed by atoms with van der Waals surface area (Å²) in [5, 5.41) is 5.29. The van der Waals surface area contributed by atoms with Crippen LogP contribution in [0.1, 0.15) is 12.5 Å². The number of ether oxygens (including phenoxy) is 3. The summed E-state index contributed by atoms with van der Waals surface area (Å²) in [4.78, 5) is 2.31. The normalized spacial score (nSPS) is 18.5. The maximum Gasteiger partial charge on any atom is 0.241 e. The summed E-state index contributed by atoms with van der Waals surface area (Å²) in [7, 11) is -2.39. The van der Waals surface area contributed by atoms with E-state index in [-0.39, 0.29) is 10.6 Å². The summed E-state index contributed by atoms with van der Waals surface area (Å²) in [5.41, 5.74) is 0.917. The van der Waals surface area contributed by atoms with Gasteiger partial charge in [-0.1, -0.05) is 18.2 Å². The summed E-state index contributed by atoms with van der Waals surface area (Å²) in [5.74, 6) is 1.76. The first kappa shape index (κ1) is 20.4. The first-order chi connectivity index (χ1) is 13.4. The second-order valence-corrected chi connectivity index (χ2v) is 8.14. The molecular weight excluding hydrogens is 380 g/mol. The van der Waals surface area contributed by atoms with E-state index < -0.39 is 10.0 Å². The molecule has 0 radical (unpaired) electrons. The van der Waals surface area contributed by atoms with Crippen molar-refractivity contribution in [3.8, 4) is 17.2 Å². The van der Waals surface area contributed by atoms with Crippen molar-refractivity contribution < 1.29 is 22.6 Å². The molecule has 1 aliphatic rings. The third-order valence-corrected chi connectivity index (χ3v) is 5.55. The van der Waals surface area contributed by atoms with Crippen molar-refractivity contribution in [2.45, 2.75) is 24.3 Å². The average molecular weight is 407 g/mol. The molecule has 1 saturated heterocycles. The van der Waals surface area contributed by atoms with Crippen LogP contribution in [0.25, 0.3) is 0 Å². The van der Waals surface area contributed by atoms with Crippen molar-refractivity contribution >= 4 is 10.0 Å². The van der Waals surface area contributed by atoms with E-state index in [1.807, 2.05) is 37.3 Å². The van der Waals surface area contributed by atoms with Crippen molar-refractivity contribution in [3.63, 3.8) is 0 Å². The second kappa shape index (κ2) is 8.81. The van der Waals surface area contributed by atoms with Gasteiger partial charge in [-0.05, 0) is 43.2 Å². The molecule has 8 heteroatoms. The quantitative estimate of drug-likeness (QED) is 0.607. The molecule has 2 N–H and O–H groups in total. The molecular formula is C20H26N2O5S. The highest BCUT2D eigenvalue weighted by Crippen LogP contribution is 2.29. The number of nitrogens with zero attached hydrogens (tertiary/aromatic N) is 1. The molecule has 2 aromatic carbocycles. The van der Waals surface area contributed by atoms with E-state index in [0.29, 0.717) is 19.3 Å². The zero-order chi connectivity index (χ0) is 20.1. The van der Waals surface area contributed by atoms with Crippen molar-refractivity contribution in [3.05, 3.63) is 48.0 Å². The SMILES string of the molecule is CCOc1ccccc1OCCN1CC1Cc1ccc(OC)c(S(N)(=O)=O)c1. The summed E-state index contributed by atoms with van der Waals surface area (Å²) in [6, 6.07) is 13.1. The molecule has 1 aliphatic heterocycles. The first-order valence-corrected chi connectivity index (χ1v) is 10.8. The van der Waals surface area contributed by atoms with Crippen molar-refractivity contribution in [2.24, 2.45) is 5.14 Å². The van der Waals surface area contributed by atoms with Gasteiger partial charge in [0.1, 0.15) is 17.3 Å². The van der Waals surface area contributed by atoms with Gasteiger partial charge in [-0.25, -0.2) is 13.6 Å². The molecule has 0 spiro atoms. The molecule has 152 valence electrons. The van der Waals surface area contributed by atoms with Gasteiger partial charge in [0.15, 0.2) is 11.5 Å². The Bertz CT molecular complexity index is 917. The number of hydrogen-bond acceptors (Lipinski definition) is 6. The molecule has 0 amide bonds. The molecule has 2 unspecified atom stereocenters.